The quantitative estimate of drug-likeness (QED) is 0.783. The average Bonchev–Trinajstić information content (AvgIpc) is 2.79. The number of primary amides is 1. The molecule has 0 spiro atoms. The van der Waals surface area contributed by atoms with Crippen molar-refractivity contribution >= 4 is 17.7 Å². The van der Waals surface area contributed by atoms with Crippen LogP contribution in [0.1, 0.15) is 26.4 Å². The summed E-state index contributed by atoms with van der Waals surface area (Å²) in [5.41, 5.74) is 12.3. The molecule has 104 valence electrons. The van der Waals surface area contributed by atoms with Gasteiger partial charge in [-0.3, -0.25) is 4.79 Å². The summed E-state index contributed by atoms with van der Waals surface area (Å²) in [7, 11) is 1.32. The van der Waals surface area contributed by atoms with Crippen molar-refractivity contribution in [3.05, 3.63) is 47.4 Å². The Balaban J connectivity index is 2.23. The molecule has 0 aliphatic heterocycles. The van der Waals surface area contributed by atoms with Crippen LogP contribution in [0.2, 0.25) is 0 Å². The lowest BCUT2D eigenvalue weighted by atomic mass is 10.1. The summed E-state index contributed by atoms with van der Waals surface area (Å²) in [6.07, 6.45) is 1.45. The summed E-state index contributed by atoms with van der Waals surface area (Å²) < 4.78 is 6.18. The maximum atomic E-state index is 11.3. The van der Waals surface area contributed by atoms with Crippen LogP contribution in [-0.4, -0.2) is 28.5 Å². The number of carbonyl (C=O) groups is 2. The van der Waals surface area contributed by atoms with Crippen molar-refractivity contribution < 1.29 is 14.3 Å². The molecule has 0 saturated heterocycles. The molecule has 20 heavy (non-hydrogen) atoms. The van der Waals surface area contributed by atoms with Crippen molar-refractivity contribution in [3.63, 3.8) is 0 Å². The Morgan fingerprint density at radius 1 is 1.30 bits per heavy atom. The first-order valence-electron chi connectivity index (χ1n) is 5.80. The summed E-state index contributed by atoms with van der Waals surface area (Å²) in [4.78, 5) is 26.5. The molecule has 1 amide bonds. The second-order valence-corrected chi connectivity index (χ2v) is 4.16. The monoisotopic (exact) mass is 274 g/mol. The molecule has 2 aromatic rings. The minimum absolute atomic E-state index is 0.101. The summed E-state index contributed by atoms with van der Waals surface area (Å²) >= 11 is 0. The van der Waals surface area contributed by atoms with E-state index in [0.29, 0.717) is 12.1 Å². The number of methoxy groups -OCH3 is 1. The van der Waals surface area contributed by atoms with Gasteiger partial charge in [0.1, 0.15) is 0 Å². The number of nitrogens with zero attached hydrogens (tertiary/aromatic N) is 2. The van der Waals surface area contributed by atoms with Crippen LogP contribution in [0.3, 0.4) is 0 Å². The molecule has 0 fully saturated rings. The molecule has 0 radical (unpaired) electrons. The molecule has 1 aromatic heterocycles. The average molecular weight is 274 g/mol. The number of amides is 1. The highest BCUT2D eigenvalue weighted by Crippen LogP contribution is 2.13. The molecule has 1 heterocycles. The van der Waals surface area contributed by atoms with Crippen molar-refractivity contribution in [2.45, 2.75) is 6.54 Å². The van der Waals surface area contributed by atoms with E-state index in [1.807, 2.05) is 0 Å². The molecule has 0 atom stereocenters. The highest BCUT2D eigenvalue weighted by Gasteiger charge is 2.14. The maximum absolute atomic E-state index is 11.3. The first-order valence-corrected chi connectivity index (χ1v) is 5.80. The van der Waals surface area contributed by atoms with Gasteiger partial charge in [0, 0.05) is 6.54 Å². The molecule has 4 N–H and O–H groups in total. The van der Waals surface area contributed by atoms with Gasteiger partial charge in [-0.25, -0.2) is 9.78 Å². The van der Waals surface area contributed by atoms with Gasteiger partial charge in [0.2, 0.25) is 0 Å². The SMILES string of the molecule is COC(=O)c1ccc(Cn2cnc(N)c2C(N)=O)cc1. The second kappa shape index (κ2) is 5.43. The zero-order valence-electron chi connectivity index (χ0n) is 10.9. The molecule has 0 bridgehead atoms. The smallest absolute Gasteiger partial charge is 0.337 e. The van der Waals surface area contributed by atoms with E-state index < -0.39 is 11.9 Å². The third kappa shape index (κ3) is 2.61. The molecule has 0 unspecified atom stereocenters. The zero-order valence-corrected chi connectivity index (χ0v) is 10.9. The van der Waals surface area contributed by atoms with Crippen LogP contribution in [0.4, 0.5) is 5.82 Å². The van der Waals surface area contributed by atoms with Gasteiger partial charge >= 0.3 is 5.97 Å². The number of hydrogen-bond acceptors (Lipinski definition) is 5. The first kappa shape index (κ1) is 13.6. The van der Waals surface area contributed by atoms with Crippen molar-refractivity contribution in [2.75, 3.05) is 12.8 Å². The van der Waals surface area contributed by atoms with Crippen molar-refractivity contribution in [3.8, 4) is 0 Å². The number of imidazole rings is 1. The Morgan fingerprint density at radius 2 is 1.95 bits per heavy atom. The Bertz CT molecular complexity index is 646. The van der Waals surface area contributed by atoms with Gasteiger partial charge in [-0.2, -0.15) is 0 Å². The van der Waals surface area contributed by atoms with Gasteiger partial charge in [-0.1, -0.05) is 12.1 Å². The van der Waals surface area contributed by atoms with E-state index in [1.165, 1.54) is 13.4 Å². The Kier molecular flexibility index (Phi) is 3.69. The number of anilines is 1. The van der Waals surface area contributed by atoms with E-state index in [2.05, 4.69) is 9.72 Å². The highest BCUT2D eigenvalue weighted by atomic mass is 16.5. The number of nitrogen functional groups attached to an aromatic ring is 1. The third-order valence-electron chi connectivity index (χ3n) is 2.83. The van der Waals surface area contributed by atoms with E-state index in [4.69, 9.17) is 11.5 Å². The lowest BCUT2D eigenvalue weighted by Crippen LogP contribution is -2.18. The molecule has 0 aliphatic rings. The normalized spacial score (nSPS) is 10.2. The van der Waals surface area contributed by atoms with E-state index in [0.717, 1.165) is 5.56 Å². The number of esters is 1. The minimum Gasteiger partial charge on any atom is -0.465 e. The second-order valence-electron chi connectivity index (χ2n) is 4.16. The molecule has 2 rings (SSSR count). The standard InChI is InChI=1S/C13H14N4O3/c1-20-13(19)9-4-2-8(3-5-9)6-17-7-16-11(14)10(17)12(15)18/h2-5,7H,6,14H2,1H3,(H2,15,18). The van der Waals surface area contributed by atoms with Gasteiger partial charge in [0.15, 0.2) is 11.5 Å². The number of ether oxygens (including phenoxy) is 1. The van der Waals surface area contributed by atoms with Crippen LogP contribution < -0.4 is 11.5 Å². The Morgan fingerprint density at radius 3 is 2.50 bits per heavy atom. The molecule has 7 heteroatoms. The fourth-order valence-corrected chi connectivity index (χ4v) is 1.85. The molecular formula is C13H14N4O3. The van der Waals surface area contributed by atoms with Crippen molar-refractivity contribution in [1.29, 1.82) is 0 Å². The van der Waals surface area contributed by atoms with Crippen molar-refractivity contribution in [1.82, 2.24) is 9.55 Å². The Hall–Kier alpha value is -2.83. The van der Waals surface area contributed by atoms with Crippen LogP contribution >= 0.6 is 0 Å². The fraction of sp³-hybridized carbons (Fsp3) is 0.154. The van der Waals surface area contributed by atoms with Gasteiger partial charge in [0.25, 0.3) is 5.91 Å². The largest absolute Gasteiger partial charge is 0.465 e. The van der Waals surface area contributed by atoms with Crippen LogP contribution in [0.5, 0.6) is 0 Å². The van der Waals surface area contributed by atoms with Crippen LogP contribution in [0.25, 0.3) is 0 Å². The molecule has 1 aromatic carbocycles. The van der Waals surface area contributed by atoms with E-state index >= 15 is 0 Å². The third-order valence-corrected chi connectivity index (χ3v) is 2.83. The number of benzene rings is 1. The summed E-state index contributed by atoms with van der Waals surface area (Å²) in [5, 5.41) is 0. The fourth-order valence-electron chi connectivity index (χ4n) is 1.85. The predicted molar refractivity (Wildman–Crippen MR) is 72.0 cm³/mol. The predicted octanol–water partition coefficient (Wildman–Crippen LogP) is 0.399. The minimum atomic E-state index is -0.633. The van der Waals surface area contributed by atoms with Crippen LogP contribution in [0, 0.1) is 0 Å². The maximum Gasteiger partial charge on any atom is 0.337 e. The van der Waals surface area contributed by atoms with Crippen molar-refractivity contribution in [2.24, 2.45) is 5.73 Å². The van der Waals surface area contributed by atoms with Gasteiger partial charge in [-0.05, 0) is 17.7 Å². The van der Waals surface area contributed by atoms with Crippen LogP contribution in [0.15, 0.2) is 30.6 Å². The highest BCUT2D eigenvalue weighted by molar-refractivity contribution is 5.95. The number of hydrogen-bond donors (Lipinski definition) is 2. The lowest BCUT2D eigenvalue weighted by Gasteiger charge is -2.07. The summed E-state index contributed by atoms with van der Waals surface area (Å²) in [6, 6.07) is 6.80. The van der Waals surface area contributed by atoms with E-state index in [1.54, 1.807) is 28.8 Å². The number of aromatic nitrogens is 2. The lowest BCUT2D eigenvalue weighted by molar-refractivity contribution is 0.0600. The van der Waals surface area contributed by atoms with E-state index in [9.17, 15) is 9.59 Å². The first-order chi connectivity index (χ1) is 9.52. The number of carbonyl (C=O) groups excluding carboxylic acids is 2. The summed E-state index contributed by atoms with van der Waals surface area (Å²) in [6.45, 7) is 0.379. The molecule has 0 saturated carbocycles. The molecule has 7 nitrogen and oxygen atoms in total. The Labute approximate surface area is 115 Å². The number of nitrogens with two attached hydrogens (primary N) is 2. The van der Waals surface area contributed by atoms with Gasteiger partial charge < -0.3 is 20.8 Å². The van der Waals surface area contributed by atoms with E-state index in [-0.39, 0.29) is 11.5 Å². The summed E-state index contributed by atoms with van der Waals surface area (Å²) in [5.74, 6) is -0.934. The molecule has 0 aliphatic carbocycles. The topological polar surface area (TPSA) is 113 Å². The van der Waals surface area contributed by atoms with Crippen LogP contribution in [-0.2, 0) is 11.3 Å². The van der Waals surface area contributed by atoms with Gasteiger partial charge in [0.05, 0.1) is 19.0 Å². The number of rotatable bonds is 4. The van der Waals surface area contributed by atoms with Gasteiger partial charge in [-0.15, -0.1) is 0 Å². The zero-order chi connectivity index (χ0) is 14.7. The molecular weight excluding hydrogens is 260 g/mol.